The first-order valence-corrected chi connectivity index (χ1v) is 7.97. The minimum atomic E-state index is -1.65. The van der Waals surface area contributed by atoms with E-state index >= 15 is 0 Å². The van der Waals surface area contributed by atoms with Crippen molar-refractivity contribution in [2.75, 3.05) is 5.32 Å². The van der Waals surface area contributed by atoms with Crippen LogP contribution in [0.15, 0.2) is 42.5 Å². The molecular weight excluding hydrogens is 351 g/mol. The number of ether oxygens (including phenoxy) is 1. The van der Waals surface area contributed by atoms with Crippen LogP contribution in [0.4, 0.5) is 5.69 Å². The molecule has 2 aromatic carbocycles. The van der Waals surface area contributed by atoms with Crippen molar-refractivity contribution in [3.05, 3.63) is 58.1 Å². The molecule has 0 saturated carbocycles. The molecule has 0 aromatic heterocycles. The molecule has 0 aliphatic carbocycles. The number of halogens is 2. The summed E-state index contributed by atoms with van der Waals surface area (Å²) >= 11 is 11.8. The van der Waals surface area contributed by atoms with E-state index in [1.165, 1.54) is 6.92 Å². The van der Waals surface area contributed by atoms with Crippen molar-refractivity contribution < 1.29 is 14.3 Å². The second kappa shape index (κ2) is 6.34. The van der Waals surface area contributed by atoms with Crippen molar-refractivity contribution in [2.24, 2.45) is 0 Å². The summed E-state index contributed by atoms with van der Waals surface area (Å²) in [5, 5.41) is 6.21. The van der Waals surface area contributed by atoms with E-state index in [4.69, 9.17) is 27.9 Å². The smallest absolute Gasteiger partial charge is 0.278 e. The van der Waals surface area contributed by atoms with E-state index in [-0.39, 0.29) is 6.54 Å². The minimum absolute atomic E-state index is 0.198. The number of nitrogens with one attached hydrogen (secondary N) is 2. The molecule has 3 rings (SSSR count). The summed E-state index contributed by atoms with van der Waals surface area (Å²) in [6.07, 6.45) is 0. The number of hydrogen-bond acceptors (Lipinski definition) is 3. The standard InChI is InChI=1S/C17H14Cl2N2O3/c1-17(16(23)21-13-4-2-3-5-14(13)24-17)15(22)20-9-10-6-7-11(18)12(19)8-10/h2-8H,9H2,1H3,(H,20,22)(H,21,23)/t17-/m0/s1. The van der Waals surface area contributed by atoms with Crippen LogP contribution in [0.3, 0.4) is 0 Å². The number of hydrogen-bond donors (Lipinski definition) is 2. The topological polar surface area (TPSA) is 67.4 Å². The van der Waals surface area contributed by atoms with Crippen LogP contribution in [0.2, 0.25) is 10.0 Å². The second-order valence-corrected chi connectivity index (χ2v) is 6.33. The van der Waals surface area contributed by atoms with Gasteiger partial charge in [-0.15, -0.1) is 0 Å². The monoisotopic (exact) mass is 364 g/mol. The number of para-hydroxylation sites is 2. The highest BCUT2D eigenvalue weighted by Gasteiger charge is 2.47. The third kappa shape index (κ3) is 3.05. The lowest BCUT2D eigenvalue weighted by Crippen LogP contribution is -2.58. The zero-order chi connectivity index (χ0) is 17.3. The average molecular weight is 365 g/mol. The predicted octanol–water partition coefficient (Wildman–Crippen LogP) is 3.40. The number of benzene rings is 2. The average Bonchev–Trinajstić information content (AvgIpc) is 2.56. The number of carbonyl (C=O) groups is 2. The SMILES string of the molecule is C[C@@]1(C(=O)NCc2ccc(Cl)c(Cl)c2)Oc2ccccc2NC1=O. The Balaban J connectivity index is 1.74. The predicted molar refractivity (Wildman–Crippen MR) is 92.4 cm³/mol. The molecule has 0 radical (unpaired) electrons. The molecule has 0 fully saturated rings. The van der Waals surface area contributed by atoms with Crippen LogP contribution < -0.4 is 15.4 Å². The summed E-state index contributed by atoms with van der Waals surface area (Å²) in [5.41, 5.74) is -0.347. The number of carbonyl (C=O) groups excluding carboxylic acids is 2. The highest BCUT2D eigenvalue weighted by Crippen LogP contribution is 2.33. The highest BCUT2D eigenvalue weighted by atomic mass is 35.5. The molecule has 2 N–H and O–H groups in total. The second-order valence-electron chi connectivity index (χ2n) is 5.52. The third-order valence-electron chi connectivity index (χ3n) is 3.75. The van der Waals surface area contributed by atoms with Crippen molar-refractivity contribution in [2.45, 2.75) is 19.1 Å². The van der Waals surface area contributed by atoms with Gasteiger partial charge in [-0.05, 0) is 36.8 Å². The maximum absolute atomic E-state index is 12.5. The van der Waals surface area contributed by atoms with Crippen LogP contribution in [-0.4, -0.2) is 17.4 Å². The van der Waals surface area contributed by atoms with Gasteiger partial charge < -0.3 is 15.4 Å². The lowest BCUT2D eigenvalue weighted by Gasteiger charge is -2.33. The van der Waals surface area contributed by atoms with E-state index in [9.17, 15) is 9.59 Å². The fraction of sp³-hybridized carbons (Fsp3) is 0.176. The van der Waals surface area contributed by atoms with Gasteiger partial charge in [0.25, 0.3) is 17.4 Å². The van der Waals surface area contributed by atoms with Crippen molar-refractivity contribution in [1.29, 1.82) is 0 Å². The number of rotatable bonds is 3. The molecule has 0 saturated heterocycles. The highest BCUT2D eigenvalue weighted by molar-refractivity contribution is 6.42. The molecule has 0 spiro atoms. The van der Waals surface area contributed by atoms with Crippen LogP contribution in [0.1, 0.15) is 12.5 Å². The van der Waals surface area contributed by atoms with Gasteiger partial charge >= 0.3 is 0 Å². The van der Waals surface area contributed by atoms with Crippen LogP contribution in [0.25, 0.3) is 0 Å². The fourth-order valence-electron chi connectivity index (χ4n) is 2.32. The van der Waals surface area contributed by atoms with Crippen LogP contribution in [0, 0.1) is 0 Å². The molecule has 0 bridgehead atoms. The molecule has 1 atom stereocenters. The van der Waals surface area contributed by atoms with E-state index < -0.39 is 17.4 Å². The van der Waals surface area contributed by atoms with Crippen LogP contribution >= 0.6 is 23.2 Å². The first-order chi connectivity index (χ1) is 11.4. The van der Waals surface area contributed by atoms with Gasteiger partial charge in [0.15, 0.2) is 0 Å². The Morgan fingerprint density at radius 1 is 1.21 bits per heavy atom. The van der Waals surface area contributed by atoms with Gasteiger partial charge in [-0.1, -0.05) is 41.4 Å². The molecule has 1 heterocycles. The maximum atomic E-state index is 12.5. The Hall–Kier alpha value is -2.24. The summed E-state index contributed by atoms with van der Waals surface area (Å²) in [5.74, 6) is -0.613. The Morgan fingerprint density at radius 3 is 2.71 bits per heavy atom. The molecule has 2 amide bonds. The molecule has 124 valence electrons. The minimum Gasteiger partial charge on any atom is -0.466 e. The number of anilines is 1. The first-order valence-electron chi connectivity index (χ1n) is 7.22. The van der Waals surface area contributed by atoms with Gasteiger partial charge in [0.1, 0.15) is 5.75 Å². The maximum Gasteiger partial charge on any atom is 0.278 e. The summed E-state index contributed by atoms with van der Waals surface area (Å²) < 4.78 is 5.65. The Morgan fingerprint density at radius 2 is 1.96 bits per heavy atom. The normalized spacial score (nSPS) is 19.0. The molecule has 0 unspecified atom stereocenters. The molecule has 5 nitrogen and oxygen atoms in total. The largest absolute Gasteiger partial charge is 0.466 e. The fourth-order valence-corrected chi connectivity index (χ4v) is 2.64. The zero-order valence-corrected chi connectivity index (χ0v) is 14.2. The molecule has 2 aromatic rings. The van der Waals surface area contributed by atoms with Gasteiger partial charge in [-0.2, -0.15) is 0 Å². The van der Waals surface area contributed by atoms with Gasteiger partial charge in [0.05, 0.1) is 15.7 Å². The van der Waals surface area contributed by atoms with Gasteiger partial charge in [0, 0.05) is 6.54 Å². The van der Waals surface area contributed by atoms with Crippen LogP contribution in [-0.2, 0) is 16.1 Å². The van der Waals surface area contributed by atoms with E-state index in [0.717, 1.165) is 5.56 Å². The van der Waals surface area contributed by atoms with E-state index in [0.29, 0.717) is 21.5 Å². The summed E-state index contributed by atoms with van der Waals surface area (Å²) in [7, 11) is 0. The summed E-state index contributed by atoms with van der Waals surface area (Å²) in [4.78, 5) is 24.8. The van der Waals surface area contributed by atoms with Gasteiger partial charge in [-0.3, -0.25) is 9.59 Å². The van der Waals surface area contributed by atoms with Crippen molar-refractivity contribution >= 4 is 40.7 Å². The van der Waals surface area contributed by atoms with E-state index in [2.05, 4.69) is 10.6 Å². The first kappa shape index (κ1) is 16.6. The summed E-state index contributed by atoms with van der Waals surface area (Å²) in [6.45, 7) is 1.63. The lowest BCUT2D eigenvalue weighted by molar-refractivity contribution is -0.146. The Bertz CT molecular complexity index is 825. The number of fused-ring (bicyclic) bond motifs is 1. The van der Waals surface area contributed by atoms with Crippen molar-refractivity contribution in [3.8, 4) is 5.75 Å². The molecule has 1 aliphatic rings. The van der Waals surface area contributed by atoms with Gasteiger partial charge in [0.2, 0.25) is 0 Å². The van der Waals surface area contributed by atoms with Crippen LogP contribution in [0.5, 0.6) is 5.75 Å². The van der Waals surface area contributed by atoms with E-state index in [1.54, 1.807) is 42.5 Å². The Labute approximate surface area is 148 Å². The zero-order valence-electron chi connectivity index (χ0n) is 12.7. The quantitative estimate of drug-likeness (QED) is 0.820. The van der Waals surface area contributed by atoms with E-state index in [1.807, 2.05) is 0 Å². The molecular formula is C17H14Cl2N2O3. The van der Waals surface area contributed by atoms with Crippen molar-refractivity contribution in [1.82, 2.24) is 5.32 Å². The Kier molecular flexibility index (Phi) is 4.39. The lowest BCUT2D eigenvalue weighted by atomic mass is 10.0. The summed E-state index contributed by atoms with van der Waals surface area (Å²) in [6, 6.07) is 12.0. The van der Waals surface area contributed by atoms with Crippen molar-refractivity contribution in [3.63, 3.8) is 0 Å². The van der Waals surface area contributed by atoms with Gasteiger partial charge in [-0.25, -0.2) is 0 Å². The third-order valence-corrected chi connectivity index (χ3v) is 4.49. The molecule has 1 aliphatic heterocycles. The molecule has 7 heteroatoms. The number of amides is 2. The molecule has 24 heavy (non-hydrogen) atoms.